The minimum absolute atomic E-state index is 0.227. The number of nitrogens with one attached hydrogen (secondary N) is 2. The topological polar surface area (TPSA) is 119 Å². The van der Waals surface area contributed by atoms with Gasteiger partial charge in [0.05, 0.1) is 0 Å². The second-order valence-electron chi connectivity index (χ2n) is 6.18. The monoisotopic (exact) mass is 320 g/mol. The summed E-state index contributed by atoms with van der Waals surface area (Å²) in [5, 5.41) is 5.42. The fourth-order valence-corrected chi connectivity index (χ4v) is 2.65. The van der Waals surface area contributed by atoms with Crippen molar-refractivity contribution < 1.29 is 14.3 Å². The number of benzene rings is 1. The molecule has 0 aromatic heterocycles. The van der Waals surface area contributed by atoms with Gasteiger partial charge >= 0.3 is 6.03 Å². The Bertz CT molecular complexity index is 555. The second kappa shape index (κ2) is 7.32. The van der Waals surface area contributed by atoms with Gasteiger partial charge in [0.15, 0.2) is 0 Å². The second-order valence-corrected chi connectivity index (χ2v) is 6.18. The molecule has 1 aromatic carbocycles. The van der Waals surface area contributed by atoms with Gasteiger partial charge in [-0.05, 0) is 43.4 Å². The predicted molar refractivity (Wildman–Crippen MR) is 87.4 cm³/mol. The number of carbonyl (C=O) groups excluding carboxylic acids is 2. The maximum Gasteiger partial charge on any atom is 0.315 e. The van der Waals surface area contributed by atoms with Crippen LogP contribution in [0.15, 0.2) is 24.3 Å². The van der Waals surface area contributed by atoms with E-state index in [1.807, 2.05) is 12.1 Å². The highest BCUT2D eigenvalue weighted by molar-refractivity contribution is 5.89. The average molecular weight is 320 g/mol. The fourth-order valence-electron chi connectivity index (χ4n) is 2.65. The third-order valence-corrected chi connectivity index (χ3v) is 4.09. The summed E-state index contributed by atoms with van der Waals surface area (Å²) in [6, 6.07) is 6.77. The van der Waals surface area contributed by atoms with Crippen LogP contribution < -0.4 is 22.1 Å². The Hall–Kier alpha value is -2.28. The Morgan fingerprint density at radius 3 is 2.61 bits per heavy atom. The fraction of sp³-hybridized carbons (Fsp3) is 0.500. The smallest absolute Gasteiger partial charge is 0.315 e. The van der Waals surface area contributed by atoms with Gasteiger partial charge in [0.25, 0.3) is 0 Å². The lowest BCUT2D eigenvalue weighted by molar-refractivity contribution is -0.124. The lowest BCUT2D eigenvalue weighted by Crippen LogP contribution is -2.58. The first kappa shape index (κ1) is 17.1. The van der Waals surface area contributed by atoms with Crippen LogP contribution in [0.4, 0.5) is 10.5 Å². The Balaban J connectivity index is 1.89. The predicted octanol–water partition coefficient (Wildman–Crippen LogP) is 0.739. The summed E-state index contributed by atoms with van der Waals surface area (Å²) in [6.07, 6.45) is 1.34. The molecule has 7 heteroatoms. The minimum atomic E-state index is -1.09. The third-order valence-electron chi connectivity index (χ3n) is 4.09. The highest BCUT2D eigenvalue weighted by atomic mass is 16.5. The molecule has 126 valence electrons. The van der Waals surface area contributed by atoms with Crippen LogP contribution in [0, 0.1) is 5.92 Å². The van der Waals surface area contributed by atoms with Gasteiger partial charge < -0.3 is 26.8 Å². The van der Waals surface area contributed by atoms with E-state index in [0.29, 0.717) is 31.9 Å². The van der Waals surface area contributed by atoms with Crippen molar-refractivity contribution in [3.63, 3.8) is 0 Å². The van der Waals surface area contributed by atoms with E-state index in [4.69, 9.17) is 16.2 Å². The first-order chi connectivity index (χ1) is 10.9. The van der Waals surface area contributed by atoms with Gasteiger partial charge in [-0.2, -0.15) is 0 Å². The van der Waals surface area contributed by atoms with E-state index in [-0.39, 0.29) is 5.92 Å². The zero-order chi connectivity index (χ0) is 16.9. The number of nitrogens with two attached hydrogens (primary N) is 2. The van der Waals surface area contributed by atoms with E-state index in [1.54, 1.807) is 19.1 Å². The van der Waals surface area contributed by atoms with E-state index >= 15 is 0 Å². The number of hydrogen-bond donors (Lipinski definition) is 4. The van der Waals surface area contributed by atoms with Gasteiger partial charge in [-0.1, -0.05) is 12.1 Å². The molecule has 2 unspecified atom stereocenters. The number of rotatable bonds is 6. The van der Waals surface area contributed by atoms with E-state index < -0.39 is 17.5 Å². The molecule has 0 radical (unpaired) electrons. The number of nitrogen functional groups attached to an aromatic ring is 1. The molecule has 6 N–H and O–H groups in total. The molecule has 2 rings (SSSR count). The maximum atomic E-state index is 12.1. The molecule has 1 fully saturated rings. The maximum absolute atomic E-state index is 12.1. The zero-order valence-electron chi connectivity index (χ0n) is 13.3. The average Bonchev–Trinajstić information content (AvgIpc) is 2.99. The van der Waals surface area contributed by atoms with E-state index in [9.17, 15) is 9.59 Å². The number of amides is 3. The van der Waals surface area contributed by atoms with Crippen molar-refractivity contribution in [1.82, 2.24) is 10.6 Å². The lowest BCUT2D eigenvalue weighted by Gasteiger charge is -2.29. The standard InChI is InChI=1S/C16H24N4O3/c1-16(14(18)21,8-12-6-7-23-10-12)20-15(22)19-9-11-2-4-13(17)5-3-11/h2-5,12H,6-10,17H2,1H3,(H2,18,21)(H2,19,20,22). The van der Waals surface area contributed by atoms with Crippen LogP contribution in [-0.4, -0.2) is 30.7 Å². The van der Waals surface area contributed by atoms with Crippen LogP contribution in [0.25, 0.3) is 0 Å². The van der Waals surface area contributed by atoms with Gasteiger partial charge in [0, 0.05) is 25.4 Å². The van der Waals surface area contributed by atoms with Gasteiger partial charge in [0.1, 0.15) is 5.54 Å². The summed E-state index contributed by atoms with van der Waals surface area (Å²) >= 11 is 0. The van der Waals surface area contributed by atoms with Gasteiger partial charge in [-0.15, -0.1) is 0 Å². The van der Waals surface area contributed by atoms with Crippen LogP contribution >= 0.6 is 0 Å². The highest BCUT2D eigenvalue weighted by Crippen LogP contribution is 2.24. The number of hydrogen-bond acceptors (Lipinski definition) is 4. The Kier molecular flexibility index (Phi) is 5.44. The van der Waals surface area contributed by atoms with E-state index in [0.717, 1.165) is 12.0 Å². The first-order valence-electron chi connectivity index (χ1n) is 7.67. The van der Waals surface area contributed by atoms with E-state index in [1.165, 1.54) is 0 Å². The quantitative estimate of drug-likeness (QED) is 0.578. The van der Waals surface area contributed by atoms with Crippen molar-refractivity contribution in [1.29, 1.82) is 0 Å². The van der Waals surface area contributed by atoms with Crippen molar-refractivity contribution in [3.8, 4) is 0 Å². The van der Waals surface area contributed by atoms with Crippen molar-refractivity contribution in [2.45, 2.75) is 31.8 Å². The number of ether oxygens (including phenoxy) is 1. The summed E-state index contributed by atoms with van der Waals surface area (Å²) < 4.78 is 5.31. The summed E-state index contributed by atoms with van der Waals surface area (Å²) in [5.74, 6) is -0.322. The molecule has 3 amide bonds. The summed E-state index contributed by atoms with van der Waals surface area (Å²) in [7, 11) is 0. The number of urea groups is 1. The minimum Gasteiger partial charge on any atom is -0.399 e. The molecule has 0 saturated carbocycles. The van der Waals surface area contributed by atoms with Crippen molar-refractivity contribution in [3.05, 3.63) is 29.8 Å². The molecular formula is C16H24N4O3. The van der Waals surface area contributed by atoms with Gasteiger partial charge in [0.2, 0.25) is 5.91 Å². The normalized spacial score (nSPS) is 19.8. The summed E-state index contributed by atoms with van der Waals surface area (Å²) in [6.45, 7) is 3.27. The molecule has 0 bridgehead atoms. The first-order valence-corrected chi connectivity index (χ1v) is 7.67. The Labute approximate surface area is 135 Å². The molecule has 0 spiro atoms. The summed E-state index contributed by atoms with van der Waals surface area (Å²) in [4.78, 5) is 23.9. The largest absolute Gasteiger partial charge is 0.399 e. The Morgan fingerprint density at radius 2 is 2.04 bits per heavy atom. The summed E-state index contributed by atoms with van der Waals surface area (Å²) in [5.41, 5.74) is 11.6. The molecular weight excluding hydrogens is 296 g/mol. The van der Waals surface area contributed by atoms with Gasteiger partial charge in [-0.25, -0.2) is 4.79 Å². The SMILES string of the molecule is CC(CC1CCOC1)(NC(=O)NCc1ccc(N)cc1)C(N)=O. The van der Waals surface area contributed by atoms with Crippen LogP contribution in [-0.2, 0) is 16.1 Å². The lowest BCUT2D eigenvalue weighted by atomic mass is 9.88. The molecule has 1 aliphatic rings. The van der Waals surface area contributed by atoms with Gasteiger partial charge in [-0.3, -0.25) is 4.79 Å². The number of primary amides is 1. The van der Waals surface area contributed by atoms with Crippen LogP contribution in [0.2, 0.25) is 0 Å². The third kappa shape index (κ3) is 4.85. The van der Waals surface area contributed by atoms with Crippen molar-refractivity contribution >= 4 is 17.6 Å². The molecule has 23 heavy (non-hydrogen) atoms. The highest BCUT2D eigenvalue weighted by Gasteiger charge is 2.36. The van der Waals surface area contributed by atoms with Crippen molar-refractivity contribution in [2.24, 2.45) is 11.7 Å². The number of anilines is 1. The molecule has 1 aliphatic heterocycles. The van der Waals surface area contributed by atoms with E-state index in [2.05, 4.69) is 10.6 Å². The van der Waals surface area contributed by atoms with Crippen LogP contribution in [0.3, 0.4) is 0 Å². The Morgan fingerprint density at radius 1 is 1.35 bits per heavy atom. The zero-order valence-corrected chi connectivity index (χ0v) is 13.3. The van der Waals surface area contributed by atoms with Crippen LogP contribution in [0.1, 0.15) is 25.3 Å². The van der Waals surface area contributed by atoms with Crippen LogP contribution in [0.5, 0.6) is 0 Å². The molecule has 1 aromatic rings. The molecule has 1 heterocycles. The molecule has 7 nitrogen and oxygen atoms in total. The van der Waals surface area contributed by atoms with Crippen molar-refractivity contribution in [2.75, 3.05) is 18.9 Å². The molecule has 1 saturated heterocycles. The molecule has 0 aliphatic carbocycles. The number of carbonyl (C=O) groups is 2. The molecule has 2 atom stereocenters.